The van der Waals surface area contributed by atoms with Crippen molar-refractivity contribution in [1.29, 1.82) is 0 Å². The summed E-state index contributed by atoms with van der Waals surface area (Å²) in [7, 11) is 0. The van der Waals surface area contributed by atoms with Crippen molar-refractivity contribution in [3.05, 3.63) is 0 Å². The molecule has 0 unspecified atom stereocenters. The molecule has 1 rings (SSSR count). The van der Waals surface area contributed by atoms with Gasteiger partial charge in [0.2, 0.25) is 11.4 Å². The van der Waals surface area contributed by atoms with Crippen molar-refractivity contribution in [3.63, 3.8) is 0 Å². The van der Waals surface area contributed by atoms with Gasteiger partial charge < -0.3 is 19.7 Å². The van der Waals surface area contributed by atoms with Crippen LogP contribution in [0.2, 0.25) is 0 Å². The van der Waals surface area contributed by atoms with Crippen LogP contribution in [0.5, 0.6) is 0 Å². The van der Waals surface area contributed by atoms with Gasteiger partial charge in [-0.15, -0.1) is 0 Å². The maximum atomic E-state index is 12.0. The molecule has 0 radical (unpaired) electrons. The molecule has 0 bridgehead atoms. The van der Waals surface area contributed by atoms with E-state index in [2.05, 4.69) is 13.8 Å². The second kappa shape index (κ2) is 7.75. The van der Waals surface area contributed by atoms with E-state index in [1.165, 1.54) is 6.92 Å². The van der Waals surface area contributed by atoms with Crippen LogP contribution in [0.25, 0.3) is 0 Å². The summed E-state index contributed by atoms with van der Waals surface area (Å²) >= 11 is 0. The summed E-state index contributed by atoms with van der Waals surface area (Å²) in [5.41, 5.74) is -2.06. The monoisotopic (exact) mass is 316 g/mol. The summed E-state index contributed by atoms with van der Waals surface area (Å²) in [6, 6.07) is 0. The third-order valence-electron chi connectivity index (χ3n) is 4.96. The molecule has 0 aromatic carbocycles. The molecule has 1 fully saturated rings. The first-order valence-corrected chi connectivity index (χ1v) is 8.51. The van der Waals surface area contributed by atoms with Crippen molar-refractivity contribution in [2.75, 3.05) is 6.61 Å². The zero-order valence-corrected chi connectivity index (χ0v) is 14.6. The van der Waals surface area contributed by atoms with Crippen LogP contribution in [-0.4, -0.2) is 40.3 Å². The molecule has 0 saturated carbocycles. The van der Waals surface area contributed by atoms with Gasteiger partial charge in [0.15, 0.2) is 0 Å². The summed E-state index contributed by atoms with van der Waals surface area (Å²) in [5, 5.41) is 21.2. The van der Waals surface area contributed by atoms with Gasteiger partial charge in [0.25, 0.3) is 0 Å². The van der Waals surface area contributed by atoms with Gasteiger partial charge in [0.1, 0.15) is 0 Å². The van der Waals surface area contributed by atoms with Gasteiger partial charge in [-0.3, -0.25) is 0 Å². The molecule has 2 N–H and O–H groups in total. The SMILES string of the molecule is CCOC(=O)[C@@](C)(O)[C@@]1(O)CC[C@H](C[C@@H](C)CC)[C@@H](CC)O1. The van der Waals surface area contributed by atoms with Crippen LogP contribution in [0.3, 0.4) is 0 Å². The average molecular weight is 316 g/mol. The quantitative estimate of drug-likeness (QED) is 0.706. The number of ether oxygens (including phenoxy) is 2. The van der Waals surface area contributed by atoms with Crippen LogP contribution in [0.15, 0.2) is 0 Å². The fraction of sp³-hybridized carbons (Fsp3) is 0.941. The molecule has 1 heterocycles. The predicted molar refractivity (Wildman–Crippen MR) is 84.2 cm³/mol. The van der Waals surface area contributed by atoms with Crippen LogP contribution in [-0.2, 0) is 14.3 Å². The van der Waals surface area contributed by atoms with Crippen molar-refractivity contribution in [2.45, 2.75) is 84.2 Å². The molecular weight excluding hydrogens is 284 g/mol. The molecule has 1 saturated heterocycles. The fourth-order valence-corrected chi connectivity index (χ4v) is 3.13. The van der Waals surface area contributed by atoms with Crippen LogP contribution in [0.1, 0.15) is 66.7 Å². The number of hydrogen-bond donors (Lipinski definition) is 2. The van der Waals surface area contributed by atoms with Gasteiger partial charge >= 0.3 is 5.97 Å². The van der Waals surface area contributed by atoms with E-state index >= 15 is 0 Å². The minimum atomic E-state index is -2.06. The normalized spacial score (nSPS) is 33.0. The Morgan fingerprint density at radius 2 is 2.09 bits per heavy atom. The Kier molecular flexibility index (Phi) is 6.84. The zero-order chi connectivity index (χ0) is 17.0. The number of esters is 1. The average Bonchev–Trinajstić information content (AvgIpc) is 2.48. The van der Waals surface area contributed by atoms with Gasteiger partial charge in [-0.1, -0.05) is 27.2 Å². The topological polar surface area (TPSA) is 76.0 Å². The minimum Gasteiger partial charge on any atom is -0.464 e. The lowest BCUT2D eigenvalue weighted by molar-refractivity contribution is -0.333. The van der Waals surface area contributed by atoms with E-state index < -0.39 is 17.4 Å². The number of hydrogen-bond acceptors (Lipinski definition) is 5. The maximum Gasteiger partial charge on any atom is 0.343 e. The molecular formula is C17H32O5. The molecule has 0 amide bonds. The Labute approximate surface area is 134 Å². The van der Waals surface area contributed by atoms with Gasteiger partial charge in [-0.05, 0) is 44.9 Å². The fourth-order valence-electron chi connectivity index (χ4n) is 3.13. The third-order valence-corrected chi connectivity index (χ3v) is 4.96. The second-order valence-corrected chi connectivity index (χ2v) is 6.69. The van der Waals surface area contributed by atoms with Gasteiger partial charge in [-0.2, -0.15) is 0 Å². The Balaban J connectivity index is 2.85. The third kappa shape index (κ3) is 4.00. The lowest BCUT2D eigenvalue weighted by Crippen LogP contribution is -2.63. The summed E-state index contributed by atoms with van der Waals surface area (Å²) in [5.74, 6) is -1.78. The highest BCUT2D eigenvalue weighted by Gasteiger charge is 2.57. The molecule has 1 aliphatic rings. The van der Waals surface area contributed by atoms with E-state index in [9.17, 15) is 15.0 Å². The first-order chi connectivity index (χ1) is 10.2. The van der Waals surface area contributed by atoms with Crippen LogP contribution in [0.4, 0.5) is 0 Å². The lowest BCUT2D eigenvalue weighted by atomic mass is 9.78. The minimum absolute atomic E-state index is 0.152. The summed E-state index contributed by atoms with van der Waals surface area (Å²) < 4.78 is 10.7. The van der Waals surface area contributed by atoms with Crippen molar-refractivity contribution >= 4 is 5.97 Å². The van der Waals surface area contributed by atoms with Crippen molar-refractivity contribution in [3.8, 4) is 0 Å². The molecule has 5 heteroatoms. The van der Waals surface area contributed by atoms with Crippen molar-refractivity contribution < 1.29 is 24.5 Å². The largest absolute Gasteiger partial charge is 0.464 e. The Bertz CT molecular complexity index is 368. The van der Waals surface area contributed by atoms with Gasteiger partial charge in [-0.25, -0.2) is 4.79 Å². The standard InChI is InChI=1S/C17H32O5/c1-6-12(4)11-13-9-10-17(20,22-14(13)7-2)16(5,19)15(18)21-8-3/h12-14,19-20H,6-11H2,1-5H3/t12-,13+,14+,16+,17+/m0/s1. The van der Waals surface area contributed by atoms with Crippen LogP contribution >= 0.6 is 0 Å². The highest BCUT2D eigenvalue weighted by molar-refractivity contribution is 5.80. The van der Waals surface area contributed by atoms with E-state index in [4.69, 9.17) is 9.47 Å². The van der Waals surface area contributed by atoms with E-state index in [0.717, 1.165) is 25.7 Å². The molecule has 22 heavy (non-hydrogen) atoms. The Morgan fingerprint density at radius 3 is 2.59 bits per heavy atom. The highest BCUT2D eigenvalue weighted by atomic mass is 16.7. The predicted octanol–water partition coefficient (Wildman–Crippen LogP) is 2.63. The van der Waals surface area contributed by atoms with Crippen molar-refractivity contribution in [1.82, 2.24) is 0 Å². The first kappa shape index (κ1) is 19.4. The number of carbonyl (C=O) groups excluding carboxylic acids is 1. The van der Waals surface area contributed by atoms with Crippen molar-refractivity contribution in [2.24, 2.45) is 11.8 Å². The molecule has 5 atom stereocenters. The molecule has 0 aromatic heterocycles. The molecule has 0 spiro atoms. The number of rotatable bonds is 7. The second-order valence-electron chi connectivity index (χ2n) is 6.69. The van der Waals surface area contributed by atoms with Gasteiger partial charge in [0.05, 0.1) is 12.7 Å². The molecule has 0 aromatic rings. The molecule has 5 nitrogen and oxygen atoms in total. The lowest BCUT2D eigenvalue weighted by Gasteiger charge is -2.47. The Hall–Kier alpha value is -0.650. The summed E-state index contributed by atoms with van der Waals surface area (Å²) in [4.78, 5) is 12.0. The van der Waals surface area contributed by atoms with Crippen LogP contribution in [0, 0.1) is 11.8 Å². The Morgan fingerprint density at radius 1 is 1.45 bits per heavy atom. The first-order valence-electron chi connectivity index (χ1n) is 8.51. The maximum absolute atomic E-state index is 12.0. The highest BCUT2D eigenvalue weighted by Crippen LogP contribution is 2.41. The smallest absolute Gasteiger partial charge is 0.343 e. The zero-order valence-electron chi connectivity index (χ0n) is 14.6. The summed E-state index contributed by atoms with van der Waals surface area (Å²) in [6.45, 7) is 9.46. The van der Waals surface area contributed by atoms with E-state index in [0.29, 0.717) is 11.8 Å². The van der Waals surface area contributed by atoms with E-state index in [1.807, 2.05) is 6.92 Å². The molecule has 1 aliphatic heterocycles. The molecule has 130 valence electrons. The van der Waals surface area contributed by atoms with E-state index in [1.54, 1.807) is 6.92 Å². The van der Waals surface area contributed by atoms with E-state index in [-0.39, 0.29) is 19.1 Å². The van der Waals surface area contributed by atoms with Gasteiger partial charge in [0, 0.05) is 6.42 Å². The summed E-state index contributed by atoms with van der Waals surface area (Å²) in [6.07, 6.45) is 3.69. The number of aliphatic hydroxyl groups is 2. The number of carbonyl (C=O) groups is 1. The molecule has 0 aliphatic carbocycles. The van der Waals surface area contributed by atoms with Crippen LogP contribution < -0.4 is 0 Å².